The van der Waals surface area contributed by atoms with E-state index in [-0.39, 0.29) is 0 Å². The van der Waals surface area contributed by atoms with Crippen molar-refractivity contribution in [2.75, 3.05) is 18.0 Å². The molecule has 1 aliphatic carbocycles. The second-order valence-corrected chi connectivity index (χ2v) is 8.38. The van der Waals surface area contributed by atoms with Crippen molar-refractivity contribution in [1.29, 1.82) is 0 Å². The van der Waals surface area contributed by atoms with Gasteiger partial charge in [0, 0.05) is 30.9 Å². The number of oxime groups is 1. The van der Waals surface area contributed by atoms with Gasteiger partial charge >= 0.3 is 0 Å². The zero-order valence-corrected chi connectivity index (χ0v) is 18.2. The van der Waals surface area contributed by atoms with Crippen molar-refractivity contribution in [3.63, 3.8) is 0 Å². The average Bonchev–Trinajstić information content (AvgIpc) is 3.59. The van der Waals surface area contributed by atoms with E-state index in [4.69, 9.17) is 14.8 Å². The van der Waals surface area contributed by atoms with Gasteiger partial charge < -0.3 is 9.14 Å². The van der Waals surface area contributed by atoms with Gasteiger partial charge in [0.05, 0.1) is 22.0 Å². The molecule has 0 amide bonds. The van der Waals surface area contributed by atoms with Gasteiger partial charge in [0.25, 0.3) is 0 Å². The maximum atomic E-state index is 4.99. The fraction of sp³-hybridized carbons (Fsp3) is 0.333. The van der Waals surface area contributed by atoms with E-state index < -0.39 is 0 Å². The van der Waals surface area contributed by atoms with E-state index in [2.05, 4.69) is 23.0 Å². The largest absolute Gasteiger partial charge is 0.399 e. The van der Waals surface area contributed by atoms with Crippen molar-refractivity contribution in [3.05, 3.63) is 48.0 Å². The Balaban J connectivity index is 0.000000626. The maximum Gasteiger partial charge on any atom is 0.125 e. The number of rotatable bonds is 3. The highest BCUT2D eigenvalue weighted by molar-refractivity contribution is 7.81. The van der Waals surface area contributed by atoms with Gasteiger partial charge in [-0.25, -0.2) is 9.97 Å². The first kappa shape index (κ1) is 19.8. The molecule has 8 heteroatoms. The van der Waals surface area contributed by atoms with Crippen LogP contribution in [0.4, 0.5) is 5.69 Å². The van der Waals surface area contributed by atoms with Gasteiger partial charge in [0.1, 0.15) is 23.5 Å². The van der Waals surface area contributed by atoms with E-state index in [0.29, 0.717) is 0 Å². The van der Waals surface area contributed by atoms with Crippen LogP contribution in [0.3, 0.4) is 0 Å². The lowest BCUT2D eigenvalue weighted by Gasteiger charge is -2.26. The summed E-state index contributed by atoms with van der Waals surface area (Å²) in [6.07, 6.45) is 8.82. The lowest BCUT2D eigenvalue weighted by atomic mass is 10.1. The molecular weight excluding hydrogens is 402 g/mol. The minimum Gasteiger partial charge on any atom is -0.399 e. The third-order valence-corrected chi connectivity index (χ3v) is 6.12. The summed E-state index contributed by atoms with van der Waals surface area (Å²) in [5.74, 6) is 0. The predicted octanol–water partition coefficient (Wildman–Crippen LogP) is 5.15. The average molecular weight is 426 g/mol. The van der Waals surface area contributed by atoms with Crippen LogP contribution in [0.2, 0.25) is 0 Å². The standard InChI is InChI=1S/C18H17N5OS2.C3H6/c1-11-17(26-18(20-11)12-4-3-8-19-10-12)14-5-6-15-16(21-14)13(22-24-2)7-9-23(15)25;1-2-3-1/h3-6,8,10,25H,7,9H2,1-2H3;1-3H2/b22-13+;. The van der Waals surface area contributed by atoms with E-state index in [0.717, 1.165) is 56.9 Å². The monoisotopic (exact) mass is 425 g/mol. The minimum atomic E-state index is 0.739. The number of aryl methyl sites for hydroxylation is 1. The summed E-state index contributed by atoms with van der Waals surface area (Å²) in [6.45, 7) is 2.77. The topological polar surface area (TPSA) is 63.5 Å². The first-order valence-electron chi connectivity index (χ1n) is 9.63. The molecule has 29 heavy (non-hydrogen) atoms. The van der Waals surface area contributed by atoms with Gasteiger partial charge in [-0.05, 0) is 31.2 Å². The van der Waals surface area contributed by atoms with Gasteiger partial charge in [-0.1, -0.05) is 37.2 Å². The first-order chi connectivity index (χ1) is 14.2. The number of aromatic nitrogens is 3. The molecule has 0 unspecified atom stereocenters. The Morgan fingerprint density at radius 3 is 2.69 bits per heavy atom. The third-order valence-electron chi connectivity index (χ3n) is 4.48. The Labute approximate surface area is 180 Å². The zero-order valence-electron chi connectivity index (χ0n) is 16.5. The molecule has 1 saturated carbocycles. The molecular formula is C21H23N5OS2. The molecule has 0 spiro atoms. The van der Waals surface area contributed by atoms with Gasteiger partial charge in [-0.15, -0.1) is 11.3 Å². The highest BCUT2D eigenvalue weighted by atomic mass is 32.1. The number of nitrogens with zero attached hydrogens (tertiary/aromatic N) is 5. The quantitative estimate of drug-likeness (QED) is 0.464. The van der Waals surface area contributed by atoms with Crippen molar-refractivity contribution < 1.29 is 4.84 Å². The van der Waals surface area contributed by atoms with Gasteiger partial charge in [0.15, 0.2) is 0 Å². The smallest absolute Gasteiger partial charge is 0.125 e. The lowest BCUT2D eigenvalue weighted by Crippen LogP contribution is -2.26. The van der Waals surface area contributed by atoms with Crippen LogP contribution in [0.1, 0.15) is 37.1 Å². The van der Waals surface area contributed by atoms with E-state index in [1.165, 1.54) is 19.3 Å². The fourth-order valence-electron chi connectivity index (χ4n) is 2.90. The minimum absolute atomic E-state index is 0.739. The molecule has 1 fully saturated rings. The Morgan fingerprint density at radius 1 is 1.17 bits per heavy atom. The zero-order chi connectivity index (χ0) is 20.2. The molecule has 4 heterocycles. The summed E-state index contributed by atoms with van der Waals surface area (Å²) >= 11 is 6.14. The summed E-state index contributed by atoms with van der Waals surface area (Å²) in [6, 6.07) is 7.96. The summed E-state index contributed by atoms with van der Waals surface area (Å²) in [5.41, 5.74) is 5.42. The van der Waals surface area contributed by atoms with Crippen LogP contribution in [0.25, 0.3) is 21.1 Å². The van der Waals surface area contributed by atoms with E-state index in [1.54, 1.807) is 24.6 Å². The highest BCUT2D eigenvalue weighted by Crippen LogP contribution is 2.36. The summed E-state index contributed by atoms with van der Waals surface area (Å²) in [4.78, 5) is 19.8. The van der Waals surface area contributed by atoms with Crippen LogP contribution in [0.5, 0.6) is 0 Å². The van der Waals surface area contributed by atoms with Crippen LogP contribution in [-0.4, -0.2) is 34.3 Å². The van der Waals surface area contributed by atoms with Crippen LogP contribution in [0, 0.1) is 6.92 Å². The lowest BCUT2D eigenvalue weighted by molar-refractivity contribution is 0.212. The van der Waals surface area contributed by atoms with Crippen LogP contribution >= 0.6 is 24.2 Å². The molecule has 0 aromatic carbocycles. The van der Waals surface area contributed by atoms with Crippen molar-refractivity contribution in [3.8, 4) is 21.1 Å². The Hall–Kier alpha value is -2.45. The van der Waals surface area contributed by atoms with Crippen molar-refractivity contribution in [2.24, 2.45) is 5.16 Å². The Morgan fingerprint density at radius 2 is 2.00 bits per heavy atom. The van der Waals surface area contributed by atoms with Crippen LogP contribution in [-0.2, 0) is 4.84 Å². The van der Waals surface area contributed by atoms with Crippen molar-refractivity contribution >= 4 is 35.6 Å². The second kappa shape index (κ2) is 8.92. The molecule has 0 N–H and O–H groups in total. The molecule has 0 radical (unpaired) electrons. The number of fused-ring (bicyclic) bond motifs is 1. The molecule has 6 nitrogen and oxygen atoms in total. The first-order valence-corrected chi connectivity index (χ1v) is 10.8. The maximum absolute atomic E-state index is 4.99. The predicted molar refractivity (Wildman–Crippen MR) is 122 cm³/mol. The van der Waals surface area contributed by atoms with E-state index in [9.17, 15) is 0 Å². The van der Waals surface area contributed by atoms with Gasteiger partial charge in [-0.2, -0.15) is 0 Å². The highest BCUT2D eigenvalue weighted by Gasteiger charge is 2.24. The van der Waals surface area contributed by atoms with E-state index >= 15 is 0 Å². The molecule has 0 saturated heterocycles. The molecule has 5 rings (SSSR count). The summed E-state index contributed by atoms with van der Waals surface area (Å²) in [5, 5.41) is 5.08. The number of hydrogen-bond acceptors (Lipinski definition) is 8. The summed E-state index contributed by atoms with van der Waals surface area (Å²) in [7, 11) is 1.55. The SMILES string of the molecule is C1CC1.CO/N=C1\CCN(S)c2ccc(-c3sc(-c4cccnc4)nc3C)nc21. The number of anilines is 1. The number of hydrogen-bond donors (Lipinski definition) is 1. The van der Waals surface area contributed by atoms with Crippen molar-refractivity contribution in [2.45, 2.75) is 32.6 Å². The number of thiazole rings is 1. The molecule has 0 bridgehead atoms. The van der Waals surface area contributed by atoms with Crippen LogP contribution < -0.4 is 4.31 Å². The van der Waals surface area contributed by atoms with Gasteiger partial charge in [-0.3, -0.25) is 4.98 Å². The number of pyridine rings is 2. The molecule has 2 aliphatic rings. The molecule has 0 atom stereocenters. The molecule has 1 aliphatic heterocycles. The number of thiol groups is 1. The van der Waals surface area contributed by atoms with Gasteiger partial charge in [0.2, 0.25) is 0 Å². The Bertz CT molecular complexity index is 1010. The molecule has 150 valence electrons. The third kappa shape index (κ3) is 4.59. The molecule has 3 aromatic heterocycles. The fourth-order valence-corrected chi connectivity index (χ4v) is 4.18. The van der Waals surface area contributed by atoms with Crippen molar-refractivity contribution in [1.82, 2.24) is 15.0 Å². The van der Waals surface area contributed by atoms with Crippen LogP contribution in [0.15, 0.2) is 41.8 Å². The second-order valence-electron chi connectivity index (χ2n) is 6.89. The summed E-state index contributed by atoms with van der Waals surface area (Å²) < 4.78 is 1.89. The Kier molecular flexibility index (Phi) is 6.10. The van der Waals surface area contributed by atoms with E-state index in [1.807, 2.05) is 41.7 Å². The normalized spacial score (nSPS) is 16.1. The molecule has 3 aromatic rings.